The van der Waals surface area contributed by atoms with Crippen LogP contribution in [-0.4, -0.2) is 34.9 Å². The lowest BCUT2D eigenvalue weighted by molar-refractivity contribution is -0.141. The average molecular weight is 381 g/mol. The van der Waals surface area contributed by atoms with Crippen LogP contribution in [-0.2, 0) is 13.2 Å². The third kappa shape index (κ3) is 4.67. The number of anilines is 1. The minimum atomic E-state index is -4.84. The number of rotatable bonds is 6. The molecule has 0 aliphatic heterocycles. The molecule has 1 N–H and O–H groups in total. The fraction of sp³-hybridized carbons (Fsp3) is 0.333. The highest BCUT2D eigenvalue weighted by Gasteiger charge is 2.39. The third-order valence-corrected chi connectivity index (χ3v) is 3.15. The molecule has 2 aromatic rings. The normalized spacial score (nSPS) is 12.9. The van der Waals surface area contributed by atoms with Gasteiger partial charge in [0.25, 0.3) is 12.3 Å². The van der Waals surface area contributed by atoms with Gasteiger partial charge in [0.2, 0.25) is 0 Å². The Balaban J connectivity index is 2.20. The number of ether oxygens (including phenoxy) is 1. The van der Waals surface area contributed by atoms with E-state index in [9.17, 15) is 31.1 Å². The molecule has 0 saturated heterocycles. The Labute approximate surface area is 143 Å². The minimum absolute atomic E-state index is 0.101. The van der Waals surface area contributed by atoms with Crippen LogP contribution in [0.3, 0.4) is 0 Å². The van der Waals surface area contributed by atoms with Gasteiger partial charge >= 0.3 is 6.18 Å². The van der Waals surface area contributed by atoms with E-state index in [4.69, 9.17) is 4.74 Å². The van der Waals surface area contributed by atoms with Crippen molar-refractivity contribution in [2.45, 2.75) is 18.8 Å². The molecule has 0 bridgehead atoms. The number of nitrogens with one attached hydrogen (secondary N) is 1. The SMILES string of the molecule is Cn1cc(C(=O)Nc2ccccc2OCC(F)C(F)F)c(C(F)(F)F)n1. The van der Waals surface area contributed by atoms with E-state index >= 15 is 0 Å². The highest BCUT2D eigenvalue weighted by atomic mass is 19.4. The van der Waals surface area contributed by atoms with Crippen molar-refractivity contribution in [1.29, 1.82) is 0 Å². The molecule has 2 rings (SSSR count). The fourth-order valence-electron chi connectivity index (χ4n) is 1.99. The summed E-state index contributed by atoms with van der Waals surface area (Å²) in [6.45, 7) is -0.981. The molecule has 1 atom stereocenters. The van der Waals surface area contributed by atoms with Crippen LogP contribution in [0.4, 0.5) is 32.0 Å². The molecule has 142 valence electrons. The largest absolute Gasteiger partial charge is 0.488 e. The van der Waals surface area contributed by atoms with Gasteiger partial charge in [0.15, 0.2) is 11.9 Å². The summed E-state index contributed by atoms with van der Waals surface area (Å²) in [6, 6.07) is 5.37. The smallest absolute Gasteiger partial charge is 0.435 e. The van der Waals surface area contributed by atoms with E-state index in [1.807, 2.05) is 0 Å². The number of hydrogen-bond acceptors (Lipinski definition) is 3. The summed E-state index contributed by atoms with van der Waals surface area (Å²) >= 11 is 0. The second-order valence-corrected chi connectivity index (χ2v) is 5.17. The molecule has 1 unspecified atom stereocenters. The van der Waals surface area contributed by atoms with Gasteiger partial charge in [-0.2, -0.15) is 18.3 Å². The summed E-state index contributed by atoms with van der Waals surface area (Å²) in [6.07, 6.45) is -9.76. The lowest BCUT2D eigenvalue weighted by atomic mass is 10.2. The van der Waals surface area contributed by atoms with Crippen molar-refractivity contribution in [2.75, 3.05) is 11.9 Å². The Kier molecular flexibility index (Phi) is 5.78. The highest BCUT2D eigenvalue weighted by Crippen LogP contribution is 2.32. The number of carbonyl (C=O) groups excluding carboxylic acids is 1. The number of nitrogens with zero attached hydrogens (tertiary/aromatic N) is 2. The van der Waals surface area contributed by atoms with Gasteiger partial charge in [-0.25, -0.2) is 13.2 Å². The molecule has 1 amide bonds. The van der Waals surface area contributed by atoms with Crippen molar-refractivity contribution in [3.05, 3.63) is 41.7 Å². The van der Waals surface area contributed by atoms with Crippen LogP contribution in [0.5, 0.6) is 5.75 Å². The number of hydrogen-bond donors (Lipinski definition) is 1. The average Bonchev–Trinajstić information content (AvgIpc) is 2.96. The first kappa shape index (κ1) is 19.6. The van der Waals surface area contributed by atoms with Crippen LogP contribution in [0, 0.1) is 0 Å². The molecule has 0 aliphatic carbocycles. The van der Waals surface area contributed by atoms with Crippen LogP contribution in [0.2, 0.25) is 0 Å². The molecule has 0 radical (unpaired) electrons. The van der Waals surface area contributed by atoms with Gasteiger partial charge in [0, 0.05) is 13.2 Å². The van der Waals surface area contributed by atoms with Crippen molar-refractivity contribution in [3.63, 3.8) is 0 Å². The first-order valence-electron chi connectivity index (χ1n) is 7.16. The number of aryl methyl sites for hydroxylation is 1. The quantitative estimate of drug-likeness (QED) is 0.777. The topological polar surface area (TPSA) is 56.2 Å². The van der Waals surface area contributed by atoms with Gasteiger partial charge in [0.05, 0.1) is 11.3 Å². The van der Waals surface area contributed by atoms with Crippen molar-refractivity contribution in [2.24, 2.45) is 7.05 Å². The zero-order valence-corrected chi connectivity index (χ0v) is 13.2. The number of alkyl halides is 6. The lowest BCUT2D eigenvalue weighted by Gasteiger charge is -2.14. The van der Waals surface area contributed by atoms with Crippen LogP contribution >= 0.6 is 0 Å². The van der Waals surface area contributed by atoms with Crippen molar-refractivity contribution in [1.82, 2.24) is 9.78 Å². The second-order valence-electron chi connectivity index (χ2n) is 5.17. The molecule has 1 aromatic carbocycles. The Morgan fingerprint density at radius 3 is 2.54 bits per heavy atom. The summed E-state index contributed by atoms with van der Waals surface area (Å²) in [4.78, 5) is 12.2. The molecular weight excluding hydrogens is 368 g/mol. The highest BCUT2D eigenvalue weighted by molar-refractivity contribution is 6.05. The van der Waals surface area contributed by atoms with Gasteiger partial charge in [-0.3, -0.25) is 9.48 Å². The van der Waals surface area contributed by atoms with E-state index in [2.05, 4.69) is 10.4 Å². The van der Waals surface area contributed by atoms with Gasteiger partial charge in [-0.15, -0.1) is 0 Å². The zero-order chi connectivity index (χ0) is 19.5. The summed E-state index contributed by atoms with van der Waals surface area (Å²) in [7, 11) is 1.22. The number of halogens is 6. The second kappa shape index (κ2) is 7.67. The Morgan fingerprint density at radius 1 is 1.27 bits per heavy atom. The van der Waals surface area contributed by atoms with Gasteiger partial charge in [-0.1, -0.05) is 12.1 Å². The van der Waals surface area contributed by atoms with E-state index in [0.717, 1.165) is 10.9 Å². The van der Waals surface area contributed by atoms with E-state index in [-0.39, 0.29) is 11.4 Å². The first-order chi connectivity index (χ1) is 12.1. The van der Waals surface area contributed by atoms with Crippen molar-refractivity contribution in [3.8, 4) is 5.75 Å². The number of aromatic nitrogens is 2. The van der Waals surface area contributed by atoms with E-state index in [0.29, 0.717) is 0 Å². The lowest BCUT2D eigenvalue weighted by Crippen LogP contribution is -2.22. The number of carbonyl (C=O) groups is 1. The summed E-state index contributed by atoms with van der Waals surface area (Å²) < 4.78 is 81.8. The zero-order valence-electron chi connectivity index (χ0n) is 13.2. The number of benzene rings is 1. The van der Waals surface area contributed by atoms with Gasteiger partial charge < -0.3 is 10.1 Å². The van der Waals surface area contributed by atoms with Crippen molar-refractivity contribution < 1.29 is 35.9 Å². The van der Waals surface area contributed by atoms with Crippen LogP contribution in [0.25, 0.3) is 0 Å². The number of para-hydroxylation sites is 2. The maximum atomic E-state index is 13.0. The summed E-state index contributed by atoms with van der Waals surface area (Å²) in [5.41, 5.74) is -2.21. The molecular formula is C15H13F6N3O2. The fourth-order valence-corrected chi connectivity index (χ4v) is 1.99. The standard InChI is InChI=1S/C15H13F6N3O2/c1-24-6-8(12(23-24)15(19,20)21)14(25)22-10-4-2-3-5-11(10)26-7-9(16)13(17)18/h2-6,9,13H,7H2,1H3,(H,22,25). The van der Waals surface area contributed by atoms with Crippen molar-refractivity contribution >= 4 is 11.6 Å². The summed E-state index contributed by atoms with van der Waals surface area (Å²) in [5, 5.41) is 5.39. The van der Waals surface area contributed by atoms with E-state index < -0.39 is 42.5 Å². The van der Waals surface area contributed by atoms with Gasteiger partial charge in [-0.05, 0) is 12.1 Å². The number of amides is 1. The van der Waals surface area contributed by atoms with Crippen LogP contribution < -0.4 is 10.1 Å². The summed E-state index contributed by atoms with van der Waals surface area (Å²) in [5.74, 6) is -1.30. The molecule has 0 saturated carbocycles. The molecule has 1 aromatic heterocycles. The van der Waals surface area contributed by atoms with Crippen LogP contribution in [0.1, 0.15) is 16.1 Å². The predicted molar refractivity (Wildman–Crippen MR) is 79.0 cm³/mol. The van der Waals surface area contributed by atoms with E-state index in [1.165, 1.54) is 31.3 Å². The Hall–Kier alpha value is -2.72. The molecule has 0 fully saturated rings. The molecule has 11 heteroatoms. The molecule has 0 aliphatic rings. The third-order valence-electron chi connectivity index (χ3n) is 3.15. The van der Waals surface area contributed by atoms with Crippen LogP contribution in [0.15, 0.2) is 30.5 Å². The maximum Gasteiger partial charge on any atom is 0.435 e. The monoisotopic (exact) mass is 381 g/mol. The molecule has 5 nitrogen and oxygen atoms in total. The first-order valence-corrected chi connectivity index (χ1v) is 7.16. The minimum Gasteiger partial charge on any atom is -0.488 e. The maximum absolute atomic E-state index is 13.0. The van der Waals surface area contributed by atoms with E-state index in [1.54, 1.807) is 0 Å². The molecule has 0 spiro atoms. The Bertz CT molecular complexity index is 775. The molecule has 1 heterocycles. The van der Waals surface area contributed by atoms with Gasteiger partial charge in [0.1, 0.15) is 12.4 Å². The molecule has 26 heavy (non-hydrogen) atoms. The Morgan fingerprint density at radius 2 is 1.92 bits per heavy atom. The predicted octanol–water partition coefficient (Wildman–Crippen LogP) is 3.67.